The lowest BCUT2D eigenvalue weighted by Crippen LogP contribution is -2.41. The van der Waals surface area contributed by atoms with Gasteiger partial charge in [0.2, 0.25) is 0 Å². The minimum absolute atomic E-state index is 0.249. The van der Waals surface area contributed by atoms with Crippen molar-refractivity contribution < 1.29 is 24.1 Å². The van der Waals surface area contributed by atoms with Crippen LogP contribution in [0.4, 0.5) is 0 Å². The monoisotopic (exact) mass is 406 g/mol. The van der Waals surface area contributed by atoms with Crippen molar-refractivity contribution >= 4 is 0 Å². The van der Waals surface area contributed by atoms with Gasteiger partial charge in [-0.3, -0.25) is 9.80 Å². The fourth-order valence-electron chi connectivity index (χ4n) is 4.54. The van der Waals surface area contributed by atoms with Crippen LogP contribution >= 0.6 is 0 Å². The van der Waals surface area contributed by atoms with Gasteiger partial charge in [-0.25, -0.2) is 0 Å². The number of rotatable bonds is 8. The van der Waals surface area contributed by atoms with E-state index in [1.165, 1.54) is 18.4 Å². The van der Waals surface area contributed by atoms with Crippen LogP contribution in [0, 0.1) is 0 Å². The van der Waals surface area contributed by atoms with E-state index in [-0.39, 0.29) is 6.61 Å². The summed E-state index contributed by atoms with van der Waals surface area (Å²) in [5.41, 5.74) is 1.20. The number of morpholine rings is 1. The minimum atomic E-state index is -0.545. The highest BCUT2D eigenvalue weighted by atomic mass is 16.5. The number of likely N-dealkylation sites (tertiary alicyclic amines) is 1. The number of hydrogen-bond acceptors (Lipinski definition) is 7. The first-order valence-corrected chi connectivity index (χ1v) is 10.9. The van der Waals surface area contributed by atoms with Crippen molar-refractivity contribution in [2.45, 2.75) is 44.1 Å². The minimum Gasteiger partial charge on any atom is -0.493 e. The number of hydrogen-bond donors (Lipinski definition) is 1. The van der Waals surface area contributed by atoms with Crippen LogP contribution < -0.4 is 9.47 Å². The number of benzene rings is 1. The molecule has 0 aliphatic carbocycles. The molecule has 0 aromatic heterocycles. The van der Waals surface area contributed by atoms with Gasteiger partial charge in [0, 0.05) is 45.9 Å². The van der Waals surface area contributed by atoms with E-state index in [1.807, 2.05) is 12.1 Å². The largest absolute Gasteiger partial charge is 0.493 e. The van der Waals surface area contributed by atoms with Gasteiger partial charge in [0.05, 0.1) is 25.9 Å². The third-order valence-electron chi connectivity index (χ3n) is 5.97. The summed E-state index contributed by atoms with van der Waals surface area (Å²) in [4.78, 5) is 4.70. The van der Waals surface area contributed by atoms with Crippen molar-refractivity contribution in [3.05, 3.63) is 23.8 Å². The standard InChI is InChI=1S/C22H34N2O5/c1-26-21-6-3-17(12-24-14-19-4-5-20(15-24)29-19)11-22(21)28-16-18(25)13-23-7-2-9-27-10-8-23/h3,6,11,18-20,25H,2,4-5,7-10,12-16H2,1H3/t18?,19-,20+. The first kappa shape index (κ1) is 20.9. The zero-order chi connectivity index (χ0) is 20.1. The van der Waals surface area contributed by atoms with E-state index >= 15 is 0 Å². The first-order valence-electron chi connectivity index (χ1n) is 10.9. The molecule has 1 aromatic carbocycles. The summed E-state index contributed by atoms with van der Waals surface area (Å²) in [6, 6.07) is 6.09. The first-order chi connectivity index (χ1) is 14.2. The van der Waals surface area contributed by atoms with Gasteiger partial charge in [-0.2, -0.15) is 0 Å². The fraction of sp³-hybridized carbons (Fsp3) is 0.727. The van der Waals surface area contributed by atoms with Crippen molar-refractivity contribution in [3.63, 3.8) is 0 Å². The highest BCUT2D eigenvalue weighted by molar-refractivity contribution is 5.43. The van der Waals surface area contributed by atoms with Crippen molar-refractivity contribution in [2.75, 3.05) is 59.7 Å². The molecule has 1 unspecified atom stereocenters. The van der Waals surface area contributed by atoms with Crippen LogP contribution in [-0.2, 0) is 16.0 Å². The molecule has 3 aliphatic rings. The summed E-state index contributed by atoms with van der Waals surface area (Å²) in [5.74, 6) is 1.39. The molecule has 1 N–H and O–H groups in total. The van der Waals surface area contributed by atoms with Gasteiger partial charge in [-0.15, -0.1) is 0 Å². The second-order valence-corrected chi connectivity index (χ2v) is 8.37. The summed E-state index contributed by atoms with van der Waals surface area (Å²) < 4.78 is 22.8. The van der Waals surface area contributed by atoms with E-state index in [2.05, 4.69) is 15.9 Å². The maximum Gasteiger partial charge on any atom is 0.161 e. The normalized spacial score (nSPS) is 26.8. The molecule has 7 heteroatoms. The smallest absolute Gasteiger partial charge is 0.161 e. The Kier molecular flexibility index (Phi) is 7.26. The molecule has 3 fully saturated rings. The van der Waals surface area contributed by atoms with Gasteiger partial charge >= 0.3 is 0 Å². The van der Waals surface area contributed by atoms with Crippen molar-refractivity contribution in [1.29, 1.82) is 0 Å². The molecular formula is C22H34N2O5. The van der Waals surface area contributed by atoms with E-state index < -0.39 is 6.10 Å². The van der Waals surface area contributed by atoms with Gasteiger partial charge in [-0.05, 0) is 37.0 Å². The second kappa shape index (κ2) is 10.1. The zero-order valence-electron chi connectivity index (χ0n) is 17.4. The Morgan fingerprint density at radius 2 is 1.93 bits per heavy atom. The van der Waals surface area contributed by atoms with Gasteiger partial charge in [0.15, 0.2) is 11.5 Å². The number of aliphatic hydroxyl groups is 1. The second-order valence-electron chi connectivity index (χ2n) is 8.37. The van der Waals surface area contributed by atoms with Crippen molar-refractivity contribution in [2.24, 2.45) is 0 Å². The van der Waals surface area contributed by atoms with Crippen LogP contribution in [-0.4, -0.2) is 92.9 Å². The maximum atomic E-state index is 10.4. The summed E-state index contributed by atoms with van der Waals surface area (Å²) in [6.07, 6.45) is 3.60. The van der Waals surface area contributed by atoms with Crippen molar-refractivity contribution in [1.82, 2.24) is 9.80 Å². The summed E-state index contributed by atoms with van der Waals surface area (Å²) in [5, 5.41) is 10.4. The Labute approximate surface area is 173 Å². The Hall–Kier alpha value is -1.38. The summed E-state index contributed by atoms with van der Waals surface area (Å²) in [6.45, 7) is 7.07. The molecule has 3 atom stereocenters. The molecule has 4 rings (SSSR count). The molecule has 3 aliphatic heterocycles. The third-order valence-corrected chi connectivity index (χ3v) is 5.97. The molecule has 7 nitrogen and oxygen atoms in total. The lowest BCUT2D eigenvalue weighted by molar-refractivity contribution is -0.0410. The van der Waals surface area contributed by atoms with Crippen LogP contribution in [0.1, 0.15) is 24.8 Å². The Morgan fingerprint density at radius 3 is 2.72 bits per heavy atom. The highest BCUT2D eigenvalue weighted by Crippen LogP contribution is 2.31. The Morgan fingerprint density at radius 1 is 1.10 bits per heavy atom. The average Bonchev–Trinajstić information content (AvgIpc) is 2.91. The maximum absolute atomic E-state index is 10.4. The van der Waals surface area contributed by atoms with Crippen LogP contribution in [0.5, 0.6) is 11.5 Å². The molecule has 3 saturated heterocycles. The van der Waals surface area contributed by atoms with E-state index in [4.69, 9.17) is 18.9 Å². The molecule has 2 bridgehead atoms. The van der Waals surface area contributed by atoms with Gasteiger partial charge in [-0.1, -0.05) is 6.07 Å². The molecule has 29 heavy (non-hydrogen) atoms. The zero-order valence-corrected chi connectivity index (χ0v) is 17.4. The SMILES string of the molecule is COc1ccc(CN2C[C@H]3CC[C@@H](C2)O3)cc1OCC(O)CN1CCCOCC1. The summed E-state index contributed by atoms with van der Waals surface area (Å²) >= 11 is 0. The average molecular weight is 407 g/mol. The number of nitrogens with zero attached hydrogens (tertiary/aromatic N) is 2. The predicted octanol–water partition coefficient (Wildman–Crippen LogP) is 1.52. The molecular weight excluding hydrogens is 372 g/mol. The number of β-amino-alcohol motifs (C(OH)–C–C–N with tert-alkyl or cyclic N) is 1. The fourth-order valence-corrected chi connectivity index (χ4v) is 4.54. The van der Waals surface area contributed by atoms with Crippen LogP contribution in [0.15, 0.2) is 18.2 Å². The van der Waals surface area contributed by atoms with E-state index in [1.54, 1.807) is 7.11 Å². The highest BCUT2D eigenvalue weighted by Gasteiger charge is 2.33. The lowest BCUT2D eigenvalue weighted by atomic mass is 10.1. The molecule has 162 valence electrons. The topological polar surface area (TPSA) is 63.6 Å². The number of fused-ring (bicyclic) bond motifs is 2. The molecule has 0 amide bonds. The molecule has 1 aromatic rings. The van der Waals surface area contributed by atoms with Crippen LogP contribution in [0.25, 0.3) is 0 Å². The molecule has 0 radical (unpaired) electrons. The number of methoxy groups -OCH3 is 1. The van der Waals surface area contributed by atoms with E-state index in [0.717, 1.165) is 52.4 Å². The lowest BCUT2D eigenvalue weighted by Gasteiger charge is -2.32. The molecule has 0 saturated carbocycles. The predicted molar refractivity (Wildman–Crippen MR) is 110 cm³/mol. The Bertz CT molecular complexity index is 638. The van der Waals surface area contributed by atoms with Crippen LogP contribution in [0.3, 0.4) is 0 Å². The van der Waals surface area contributed by atoms with E-state index in [9.17, 15) is 5.11 Å². The van der Waals surface area contributed by atoms with Gasteiger partial charge in [0.1, 0.15) is 12.7 Å². The van der Waals surface area contributed by atoms with Gasteiger partial charge in [0.25, 0.3) is 0 Å². The number of aliphatic hydroxyl groups excluding tert-OH is 1. The van der Waals surface area contributed by atoms with Crippen molar-refractivity contribution in [3.8, 4) is 11.5 Å². The van der Waals surface area contributed by atoms with Gasteiger partial charge < -0.3 is 24.1 Å². The Balaban J connectivity index is 1.31. The molecule has 3 heterocycles. The quantitative estimate of drug-likeness (QED) is 0.702. The molecule has 0 spiro atoms. The summed E-state index contributed by atoms with van der Waals surface area (Å²) in [7, 11) is 1.65. The van der Waals surface area contributed by atoms with Crippen LogP contribution in [0.2, 0.25) is 0 Å². The third kappa shape index (κ3) is 5.83. The van der Waals surface area contributed by atoms with E-state index in [0.29, 0.717) is 30.3 Å². The number of ether oxygens (including phenoxy) is 4.